The van der Waals surface area contributed by atoms with Crippen molar-refractivity contribution in [1.82, 2.24) is 10.6 Å². The average molecular weight is 194 g/mol. The van der Waals surface area contributed by atoms with Crippen molar-refractivity contribution in [3.63, 3.8) is 0 Å². The molecule has 0 aromatic carbocycles. The molecule has 14 heavy (non-hydrogen) atoms. The Morgan fingerprint density at radius 1 is 1.21 bits per heavy atom. The summed E-state index contributed by atoms with van der Waals surface area (Å²) in [6, 6.07) is 0.402. The van der Waals surface area contributed by atoms with E-state index in [1.807, 2.05) is 0 Å². The van der Waals surface area contributed by atoms with Gasteiger partial charge in [0.2, 0.25) is 5.91 Å². The van der Waals surface area contributed by atoms with Gasteiger partial charge in [-0.05, 0) is 44.1 Å². The highest BCUT2D eigenvalue weighted by molar-refractivity contribution is 5.79. The van der Waals surface area contributed by atoms with Gasteiger partial charge in [-0.3, -0.25) is 4.79 Å². The van der Waals surface area contributed by atoms with Gasteiger partial charge in [0.15, 0.2) is 0 Å². The van der Waals surface area contributed by atoms with Crippen molar-refractivity contribution in [2.24, 2.45) is 17.8 Å². The third-order valence-electron chi connectivity index (χ3n) is 4.02. The lowest BCUT2D eigenvalue weighted by Gasteiger charge is -2.16. The Kier molecular flexibility index (Phi) is 2.01. The van der Waals surface area contributed by atoms with Gasteiger partial charge in [-0.25, -0.2) is 0 Å². The van der Waals surface area contributed by atoms with Gasteiger partial charge in [0.1, 0.15) is 0 Å². The predicted octanol–water partition coefficient (Wildman–Crippen LogP) is 0.511. The van der Waals surface area contributed by atoms with Crippen molar-refractivity contribution in [1.29, 1.82) is 0 Å². The van der Waals surface area contributed by atoms with Crippen LogP contribution >= 0.6 is 0 Å². The number of hydrogen-bond donors (Lipinski definition) is 2. The normalized spacial score (nSPS) is 44.9. The van der Waals surface area contributed by atoms with Crippen molar-refractivity contribution in [3.8, 4) is 0 Å². The molecule has 2 unspecified atom stereocenters. The van der Waals surface area contributed by atoms with E-state index in [9.17, 15) is 4.79 Å². The van der Waals surface area contributed by atoms with Crippen LogP contribution in [0.25, 0.3) is 0 Å². The molecule has 1 amide bonds. The summed E-state index contributed by atoms with van der Waals surface area (Å²) in [5.74, 6) is 2.49. The molecular weight excluding hydrogens is 176 g/mol. The maximum atomic E-state index is 11.8. The van der Waals surface area contributed by atoms with E-state index in [4.69, 9.17) is 0 Å². The SMILES string of the molecule is O=C(N[C@H]1CCNC1)C1CC2CC2C1. The Morgan fingerprint density at radius 3 is 2.64 bits per heavy atom. The zero-order chi connectivity index (χ0) is 9.54. The Balaban J connectivity index is 1.50. The summed E-state index contributed by atoms with van der Waals surface area (Å²) >= 11 is 0. The zero-order valence-electron chi connectivity index (χ0n) is 8.46. The molecule has 3 heteroatoms. The predicted molar refractivity (Wildman–Crippen MR) is 53.7 cm³/mol. The first-order chi connectivity index (χ1) is 6.83. The molecule has 78 valence electrons. The minimum atomic E-state index is 0.325. The first-order valence-electron chi connectivity index (χ1n) is 5.84. The monoisotopic (exact) mass is 194 g/mol. The molecule has 0 aromatic heterocycles. The fourth-order valence-corrected chi connectivity index (χ4v) is 3.03. The second-order valence-corrected chi connectivity index (χ2v) is 5.12. The van der Waals surface area contributed by atoms with Gasteiger partial charge in [0.05, 0.1) is 0 Å². The van der Waals surface area contributed by atoms with Gasteiger partial charge in [-0.1, -0.05) is 0 Å². The van der Waals surface area contributed by atoms with E-state index in [0.717, 1.165) is 44.2 Å². The van der Waals surface area contributed by atoms with Crippen LogP contribution in [0.15, 0.2) is 0 Å². The minimum absolute atomic E-state index is 0.325. The lowest BCUT2D eigenvalue weighted by molar-refractivity contribution is -0.125. The Morgan fingerprint density at radius 2 is 2.00 bits per heavy atom. The average Bonchev–Trinajstić information content (AvgIpc) is 2.68. The molecular formula is C11H18N2O. The van der Waals surface area contributed by atoms with Crippen LogP contribution < -0.4 is 10.6 Å². The van der Waals surface area contributed by atoms with Crippen molar-refractivity contribution in [2.45, 2.75) is 31.7 Å². The number of rotatable bonds is 2. The number of carbonyl (C=O) groups excluding carboxylic acids is 1. The molecule has 2 aliphatic carbocycles. The summed E-state index contributed by atoms with van der Waals surface area (Å²) in [4.78, 5) is 11.8. The third kappa shape index (κ3) is 1.54. The van der Waals surface area contributed by atoms with E-state index in [1.54, 1.807) is 0 Å². The second-order valence-electron chi connectivity index (χ2n) is 5.12. The number of amides is 1. The summed E-state index contributed by atoms with van der Waals surface area (Å²) in [6.07, 6.45) is 4.83. The van der Waals surface area contributed by atoms with Gasteiger partial charge in [-0.15, -0.1) is 0 Å². The molecule has 3 aliphatic rings. The van der Waals surface area contributed by atoms with E-state index >= 15 is 0 Å². The van der Waals surface area contributed by atoms with Crippen LogP contribution in [-0.4, -0.2) is 25.0 Å². The fraction of sp³-hybridized carbons (Fsp3) is 0.909. The van der Waals surface area contributed by atoms with Crippen molar-refractivity contribution < 1.29 is 4.79 Å². The van der Waals surface area contributed by atoms with E-state index in [0.29, 0.717) is 17.9 Å². The molecule has 2 N–H and O–H groups in total. The van der Waals surface area contributed by atoms with E-state index in [-0.39, 0.29) is 0 Å². The van der Waals surface area contributed by atoms with Crippen molar-refractivity contribution in [3.05, 3.63) is 0 Å². The number of nitrogens with one attached hydrogen (secondary N) is 2. The number of hydrogen-bond acceptors (Lipinski definition) is 2. The molecule has 1 saturated heterocycles. The highest BCUT2D eigenvalue weighted by atomic mass is 16.2. The Bertz CT molecular complexity index is 238. The lowest BCUT2D eigenvalue weighted by Crippen LogP contribution is -2.39. The molecule has 3 rings (SSSR count). The van der Waals surface area contributed by atoms with Gasteiger partial charge < -0.3 is 10.6 Å². The molecule has 1 heterocycles. The summed E-state index contributed by atoms with van der Waals surface area (Å²) < 4.78 is 0. The molecule has 2 saturated carbocycles. The van der Waals surface area contributed by atoms with Crippen LogP contribution in [0, 0.1) is 17.8 Å². The molecule has 3 fully saturated rings. The minimum Gasteiger partial charge on any atom is -0.352 e. The maximum Gasteiger partial charge on any atom is 0.223 e. The van der Waals surface area contributed by atoms with E-state index in [1.165, 1.54) is 6.42 Å². The first-order valence-corrected chi connectivity index (χ1v) is 5.84. The van der Waals surface area contributed by atoms with Gasteiger partial charge >= 0.3 is 0 Å². The smallest absolute Gasteiger partial charge is 0.223 e. The molecule has 0 aromatic rings. The molecule has 0 bridgehead atoms. The van der Waals surface area contributed by atoms with Crippen LogP contribution in [0.4, 0.5) is 0 Å². The Labute approximate surface area is 84.6 Å². The van der Waals surface area contributed by atoms with E-state index in [2.05, 4.69) is 10.6 Å². The highest BCUT2D eigenvalue weighted by Gasteiger charge is 2.48. The van der Waals surface area contributed by atoms with Crippen molar-refractivity contribution >= 4 is 5.91 Å². The van der Waals surface area contributed by atoms with Gasteiger partial charge in [0.25, 0.3) is 0 Å². The number of fused-ring (bicyclic) bond motifs is 1. The largest absolute Gasteiger partial charge is 0.352 e. The standard InChI is InChI=1S/C11H18N2O/c14-11(13-10-1-2-12-6-10)9-4-7-3-8(7)5-9/h7-10,12H,1-6H2,(H,13,14)/t7?,8?,9?,10-/m0/s1. The lowest BCUT2D eigenvalue weighted by atomic mass is 10.0. The summed E-state index contributed by atoms with van der Waals surface area (Å²) in [5, 5.41) is 6.43. The van der Waals surface area contributed by atoms with Crippen LogP contribution in [-0.2, 0) is 4.79 Å². The van der Waals surface area contributed by atoms with Crippen LogP contribution in [0.2, 0.25) is 0 Å². The highest BCUT2D eigenvalue weighted by Crippen LogP contribution is 2.54. The zero-order valence-corrected chi connectivity index (χ0v) is 8.46. The summed E-state index contributed by atoms with van der Waals surface area (Å²) in [5.41, 5.74) is 0. The topological polar surface area (TPSA) is 41.1 Å². The van der Waals surface area contributed by atoms with Gasteiger partial charge in [-0.2, -0.15) is 0 Å². The van der Waals surface area contributed by atoms with Crippen LogP contribution in [0.3, 0.4) is 0 Å². The Hall–Kier alpha value is -0.570. The first kappa shape index (κ1) is 8.72. The van der Waals surface area contributed by atoms with Crippen LogP contribution in [0.1, 0.15) is 25.7 Å². The molecule has 3 atom stereocenters. The fourth-order valence-electron chi connectivity index (χ4n) is 3.03. The quantitative estimate of drug-likeness (QED) is 0.672. The second kappa shape index (κ2) is 3.23. The van der Waals surface area contributed by atoms with E-state index < -0.39 is 0 Å². The molecule has 0 radical (unpaired) electrons. The van der Waals surface area contributed by atoms with Crippen LogP contribution in [0.5, 0.6) is 0 Å². The molecule has 3 nitrogen and oxygen atoms in total. The summed E-state index contributed by atoms with van der Waals surface area (Å²) in [6.45, 7) is 2.02. The molecule has 0 spiro atoms. The van der Waals surface area contributed by atoms with Gasteiger partial charge in [0, 0.05) is 18.5 Å². The maximum absolute atomic E-state index is 11.8. The third-order valence-corrected chi connectivity index (χ3v) is 4.02. The molecule has 1 aliphatic heterocycles. The number of carbonyl (C=O) groups is 1. The van der Waals surface area contributed by atoms with Crippen molar-refractivity contribution in [2.75, 3.05) is 13.1 Å². The summed E-state index contributed by atoms with van der Waals surface area (Å²) in [7, 11) is 0.